The van der Waals surface area contributed by atoms with Gasteiger partial charge in [-0.2, -0.15) is 0 Å². The van der Waals surface area contributed by atoms with E-state index >= 15 is 0 Å². The topological polar surface area (TPSA) is 27.1 Å². The summed E-state index contributed by atoms with van der Waals surface area (Å²) in [6, 6.07) is 5.16. The van der Waals surface area contributed by atoms with Crippen molar-refractivity contribution in [1.82, 2.24) is 9.55 Å². The highest BCUT2D eigenvalue weighted by Crippen LogP contribution is 2.28. The van der Waals surface area contributed by atoms with Crippen LogP contribution in [-0.2, 0) is 11.2 Å². The molecule has 2 rings (SSSR count). The molecule has 20 heavy (non-hydrogen) atoms. The van der Waals surface area contributed by atoms with Crippen LogP contribution in [0.25, 0.3) is 11.0 Å². The maximum absolute atomic E-state index is 13.9. The molecule has 1 heterocycles. The molecule has 1 aromatic carbocycles. The van der Waals surface area contributed by atoms with Gasteiger partial charge in [-0.15, -0.1) is 11.6 Å². The Hall–Kier alpha value is -1.13. The molecule has 1 atom stereocenters. The molecule has 0 fully saturated rings. The Bertz CT molecular complexity index is 583. The molecular weight excluding hydrogens is 279 g/mol. The third kappa shape index (κ3) is 2.81. The number of alkyl halides is 1. The molecule has 0 bridgehead atoms. The minimum Gasteiger partial charge on any atom is -0.383 e. The quantitative estimate of drug-likeness (QED) is 0.759. The van der Waals surface area contributed by atoms with Crippen molar-refractivity contribution in [3.8, 4) is 0 Å². The van der Waals surface area contributed by atoms with Crippen LogP contribution < -0.4 is 0 Å². The lowest BCUT2D eigenvalue weighted by Crippen LogP contribution is -2.22. The Kier molecular flexibility index (Phi) is 5.00. The van der Waals surface area contributed by atoms with Crippen LogP contribution in [0, 0.1) is 11.7 Å². The number of aryl methyl sites for hydroxylation is 1. The summed E-state index contributed by atoms with van der Waals surface area (Å²) in [4.78, 5) is 4.44. The number of benzene rings is 1. The zero-order valence-corrected chi connectivity index (χ0v) is 12.8. The van der Waals surface area contributed by atoms with Gasteiger partial charge < -0.3 is 9.30 Å². The summed E-state index contributed by atoms with van der Waals surface area (Å²) in [6.45, 7) is 4.81. The second-order valence-electron chi connectivity index (χ2n) is 5.21. The molecule has 0 amide bonds. The van der Waals surface area contributed by atoms with Crippen LogP contribution >= 0.6 is 11.6 Å². The maximum Gasteiger partial charge on any atom is 0.151 e. The van der Waals surface area contributed by atoms with E-state index in [2.05, 4.69) is 23.4 Å². The number of nitrogens with zero attached hydrogens (tertiary/aromatic N) is 2. The van der Waals surface area contributed by atoms with Gasteiger partial charge in [0.2, 0.25) is 0 Å². The Morgan fingerprint density at radius 2 is 2.15 bits per heavy atom. The summed E-state index contributed by atoms with van der Waals surface area (Å²) in [5, 5.41) is 0. The first kappa shape index (κ1) is 15.3. The zero-order chi connectivity index (χ0) is 14.7. The van der Waals surface area contributed by atoms with E-state index in [0.717, 1.165) is 11.3 Å². The number of aromatic nitrogens is 2. The summed E-state index contributed by atoms with van der Waals surface area (Å²) in [7, 11) is 1.68. The van der Waals surface area contributed by atoms with Crippen LogP contribution in [0.2, 0.25) is 0 Å². The number of hydrogen-bond acceptors (Lipinski definition) is 2. The highest BCUT2D eigenvalue weighted by molar-refractivity contribution is 6.17. The van der Waals surface area contributed by atoms with Gasteiger partial charge in [-0.3, -0.25) is 0 Å². The van der Waals surface area contributed by atoms with Crippen LogP contribution in [0.3, 0.4) is 0 Å². The molecule has 2 aromatic rings. The Labute approximate surface area is 123 Å². The lowest BCUT2D eigenvalue weighted by molar-refractivity contribution is 0.133. The van der Waals surface area contributed by atoms with Crippen molar-refractivity contribution < 1.29 is 9.13 Å². The zero-order valence-electron chi connectivity index (χ0n) is 12.1. The normalized spacial score (nSPS) is 13.3. The average molecular weight is 299 g/mol. The van der Waals surface area contributed by atoms with E-state index in [1.807, 2.05) is 6.07 Å². The van der Waals surface area contributed by atoms with Crippen LogP contribution in [0.15, 0.2) is 18.2 Å². The summed E-state index contributed by atoms with van der Waals surface area (Å²) < 4.78 is 21.3. The van der Waals surface area contributed by atoms with Crippen LogP contribution in [-0.4, -0.2) is 29.1 Å². The molecule has 110 valence electrons. The third-order valence-corrected chi connectivity index (χ3v) is 3.69. The van der Waals surface area contributed by atoms with E-state index < -0.39 is 0 Å². The van der Waals surface area contributed by atoms with Gasteiger partial charge in [-0.25, -0.2) is 9.37 Å². The summed E-state index contributed by atoms with van der Waals surface area (Å²) in [5.41, 5.74) is 1.22. The van der Waals surface area contributed by atoms with Crippen LogP contribution in [0.4, 0.5) is 4.39 Å². The largest absolute Gasteiger partial charge is 0.383 e. The Balaban J connectivity index is 2.63. The second kappa shape index (κ2) is 6.55. The molecule has 0 N–H and O–H groups in total. The molecule has 0 saturated carbocycles. The molecule has 1 unspecified atom stereocenters. The molecule has 0 saturated heterocycles. The van der Waals surface area contributed by atoms with Gasteiger partial charge in [0, 0.05) is 19.4 Å². The standard InChI is InChI=1S/C15H20ClFN2O/c1-10(2)13(9-20-3)19-12-6-4-5-11(17)15(12)18-14(19)7-8-16/h4-6,10,13H,7-9H2,1-3H3. The van der Waals surface area contributed by atoms with Crippen LogP contribution in [0.1, 0.15) is 25.7 Å². The highest BCUT2D eigenvalue weighted by Gasteiger charge is 2.22. The van der Waals surface area contributed by atoms with Crippen molar-refractivity contribution in [1.29, 1.82) is 0 Å². The van der Waals surface area contributed by atoms with E-state index in [1.54, 1.807) is 13.2 Å². The fourth-order valence-electron chi connectivity index (χ4n) is 2.50. The number of hydrogen-bond donors (Lipinski definition) is 0. The minimum atomic E-state index is -0.294. The monoisotopic (exact) mass is 298 g/mol. The molecule has 0 radical (unpaired) electrons. The molecule has 1 aromatic heterocycles. The average Bonchev–Trinajstić information content (AvgIpc) is 2.76. The first-order chi connectivity index (χ1) is 9.60. The predicted octanol–water partition coefficient (Wildman–Crippen LogP) is 3.80. The van der Waals surface area contributed by atoms with Gasteiger partial charge in [0.1, 0.15) is 11.3 Å². The van der Waals surface area contributed by atoms with E-state index in [0.29, 0.717) is 30.3 Å². The number of ether oxygens (including phenoxy) is 1. The fraction of sp³-hybridized carbons (Fsp3) is 0.533. The van der Waals surface area contributed by atoms with Gasteiger partial charge in [0.15, 0.2) is 5.82 Å². The predicted molar refractivity (Wildman–Crippen MR) is 79.9 cm³/mol. The fourth-order valence-corrected chi connectivity index (χ4v) is 2.67. The van der Waals surface area contributed by atoms with Gasteiger partial charge in [0.05, 0.1) is 18.2 Å². The minimum absolute atomic E-state index is 0.116. The molecule has 3 nitrogen and oxygen atoms in total. The van der Waals surface area contributed by atoms with Crippen LogP contribution in [0.5, 0.6) is 0 Å². The summed E-state index contributed by atoms with van der Waals surface area (Å²) in [6.07, 6.45) is 0.614. The second-order valence-corrected chi connectivity index (χ2v) is 5.59. The van der Waals surface area contributed by atoms with E-state index in [9.17, 15) is 4.39 Å². The van der Waals surface area contributed by atoms with Crippen molar-refractivity contribution >= 4 is 22.6 Å². The number of imidazole rings is 1. The Morgan fingerprint density at radius 1 is 1.40 bits per heavy atom. The number of fused-ring (bicyclic) bond motifs is 1. The van der Waals surface area contributed by atoms with Crippen molar-refractivity contribution in [2.45, 2.75) is 26.3 Å². The lowest BCUT2D eigenvalue weighted by Gasteiger charge is -2.24. The van der Waals surface area contributed by atoms with Gasteiger partial charge >= 0.3 is 0 Å². The van der Waals surface area contributed by atoms with E-state index in [-0.39, 0.29) is 11.9 Å². The third-order valence-electron chi connectivity index (χ3n) is 3.50. The summed E-state index contributed by atoms with van der Waals surface area (Å²) >= 11 is 5.86. The Morgan fingerprint density at radius 3 is 2.75 bits per heavy atom. The first-order valence-corrected chi connectivity index (χ1v) is 7.33. The SMILES string of the molecule is COCC(C(C)C)n1c(CCCl)nc2c(F)cccc21. The lowest BCUT2D eigenvalue weighted by atomic mass is 10.0. The molecule has 0 spiro atoms. The van der Waals surface area contributed by atoms with E-state index in [1.165, 1.54) is 6.07 Å². The van der Waals surface area contributed by atoms with Gasteiger partial charge in [0.25, 0.3) is 0 Å². The van der Waals surface area contributed by atoms with Gasteiger partial charge in [-0.1, -0.05) is 19.9 Å². The van der Waals surface area contributed by atoms with E-state index in [4.69, 9.17) is 16.3 Å². The van der Waals surface area contributed by atoms with Crippen molar-refractivity contribution in [3.63, 3.8) is 0 Å². The number of halogens is 2. The van der Waals surface area contributed by atoms with Crippen molar-refractivity contribution in [2.75, 3.05) is 19.6 Å². The van der Waals surface area contributed by atoms with Crippen molar-refractivity contribution in [3.05, 3.63) is 29.8 Å². The first-order valence-electron chi connectivity index (χ1n) is 6.80. The highest BCUT2D eigenvalue weighted by atomic mass is 35.5. The van der Waals surface area contributed by atoms with Crippen molar-refractivity contribution in [2.24, 2.45) is 5.92 Å². The molecule has 5 heteroatoms. The van der Waals surface area contributed by atoms with Gasteiger partial charge in [-0.05, 0) is 18.1 Å². The number of methoxy groups -OCH3 is 1. The smallest absolute Gasteiger partial charge is 0.151 e. The number of rotatable bonds is 6. The molecule has 0 aliphatic rings. The molecule has 0 aliphatic carbocycles. The molecular formula is C15H20ClFN2O. The maximum atomic E-state index is 13.9. The number of para-hydroxylation sites is 1. The summed E-state index contributed by atoms with van der Waals surface area (Å²) in [5.74, 6) is 1.33. The molecule has 0 aliphatic heterocycles.